The van der Waals surface area contributed by atoms with Crippen LogP contribution in [0.15, 0.2) is 54.6 Å². The summed E-state index contributed by atoms with van der Waals surface area (Å²) in [5.41, 5.74) is 4.56. The molecule has 0 aliphatic carbocycles. The average molecular weight is 402 g/mol. The quantitative estimate of drug-likeness (QED) is 0.659. The highest BCUT2D eigenvalue weighted by atomic mass is 16.2. The summed E-state index contributed by atoms with van der Waals surface area (Å²) in [7, 11) is 1.95. The molecule has 0 bridgehead atoms. The van der Waals surface area contributed by atoms with Crippen LogP contribution in [0.1, 0.15) is 59.4 Å². The van der Waals surface area contributed by atoms with Crippen LogP contribution in [0.4, 0.5) is 5.82 Å². The van der Waals surface area contributed by atoms with E-state index in [9.17, 15) is 9.59 Å². The lowest BCUT2D eigenvalue weighted by atomic mass is 9.97. The topological polar surface area (TPSA) is 53.5 Å². The van der Waals surface area contributed by atoms with E-state index < -0.39 is 0 Å². The summed E-state index contributed by atoms with van der Waals surface area (Å²) in [4.78, 5) is 34.7. The van der Waals surface area contributed by atoms with Crippen LogP contribution in [0.2, 0.25) is 0 Å². The molecule has 0 radical (unpaired) electrons. The molecule has 1 aromatic carbocycles. The maximum atomic E-state index is 13.4. The molecular formula is C25H27N3O2. The molecule has 1 aromatic heterocycles. The Morgan fingerprint density at radius 2 is 1.93 bits per heavy atom. The largest absolute Gasteiger partial charge is 0.335 e. The van der Waals surface area contributed by atoms with E-state index in [4.69, 9.17) is 0 Å². The normalized spacial score (nSPS) is 19.6. The molecule has 154 valence electrons. The highest BCUT2D eigenvalue weighted by Crippen LogP contribution is 2.40. The van der Waals surface area contributed by atoms with Gasteiger partial charge in [-0.3, -0.25) is 9.59 Å². The van der Waals surface area contributed by atoms with Crippen LogP contribution in [0.5, 0.6) is 0 Å². The van der Waals surface area contributed by atoms with Gasteiger partial charge in [-0.25, -0.2) is 4.98 Å². The van der Waals surface area contributed by atoms with Gasteiger partial charge >= 0.3 is 0 Å². The van der Waals surface area contributed by atoms with Gasteiger partial charge in [-0.15, -0.1) is 6.58 Å². The van der Waals surface area contributed by atoms with Crippen molar-refractivity contribution in [2.75, 3.05) is 11.9 Å². The van der Waals surface area contributed by atoms with E-state index in [1.54, 1.807) is 0 Å². The molecule has 2 aliphatic rings. The third kappa shape index (κ3) is 3.56. The number of fused-ring (bicyclic) bond motifs is 2. The Labute approximate surface area is 177 Å². The molecule has 0 spiro atoms. The Balaban J connectivity index is 1.68. The maximum absolute atomic E-state index is 13.4. The SMILES string of the molecule is C=C(C)CCC(=O)CC1c2ccccc2C(=O)N1C1C=Cc2ccc(C)nc2N1C. The van der Waals surface area contributed by atoms with Crippen LogP contribution in [0.25, 0.3) is 6.08 Å². The summed E-state index contributed by atoms with van der Waals surface area (Å²) in [5, 5.41) is 0. The molecule has 4 rings (SSSR count). The summed E-state index contributed by atoms with van der Waals surface area (Å²) < 4.78 is 0. The van der Waals surface area contributed by atoms with Gasteiger partial charge in [0.1, 0.15) is 17.8 Å². The number of aryl methyl sites for hydroxylation is 1. The van der Waals surface area contributed by atoms with Crippen molar-refractivity contribution in [3.05, 3.63) is 77.0 Å². The van der Waals surface area contributed by atoms with Crippen LogP contribution in [0.3, 0.4) is 0 Å². The predicted molar refractivity (Wildman–Crippen MR) is 119 cm³/mol. The fourth-order valence-corrected chi connectivity index (χ4v) is 4.29. The van der Waals surface area contributed by atoms with E-state index in [-0.39, 0.29) is 23.9 Å². The van der Waals surface area contributed by atoms with Gasteiger partial charge < -0.3 is 9.80 Å². The molecule has 5 nitrogen and oxygen atoms in total. The standard InChI is InChI=1S/C25H27N3O2/c1-16(2)9-13-19(29)15-22-20-7-5-6-8-21(20)25(30)28(22)23-14-12-18-11-10-17(3)26-24(18)27(23)4/h5-8,10-12,14,22-23H,1,9,13,15H2,2-4H3. The zero-order valence-corrected chi connectivity index (χ0v) is 17.8. The number of rotatable bonds is 6. The summed E-state index contributed by atoms with van der Waals surface area (Å²) in [5.74, 6) is 0.953. The second kappa shape index (κ2) is 7.90. The minimum atomic E-state index is -0.300. The van der Waals surface area contributed by atoms with Crippen molar-refractivity contribution in [1.29, 1.82) is 0 Å². The number of benzene rings is 1. The molecule has 2 atom stereocenters. The summed E-state index contributed by atoms with van der Waals surface area (Å²) in [6, 6.07) is 11.4. The second-order valence-electron chi connectivity index (χ2n) is 8.26. The minimum Gasteiger partial charge on any atom is -0.335 e. The Kier molecular flexibility index (Phi) is 5.29. The number of aromatic nitrogens is 1. The summed E-state index contributed by atoms with van der Waals surface area (Å²) in [6.45, 7) is 7.79. The van der Waals surface area contributed by atoms with Crippen LogP contribution in [-0.2, 0) is 4.79 Å². The van der Waals surface area contributed by atoms with E-state index >= 15 is 0 Å². The van der Waals surface area contributed by atoms with Crippen molar-refractivity contribution in [2.24, 2.45) is 0 Å². The molecule has 0 N–H and O–H groups in total. The number of hydrogen-bond donors (Lipinski definition) is 0. The molecule has 0 saturated carbocycles. The number of nitrogens with zero attached hydrogens (tertiary/aromatic N) is 3. The number of carbonyl (C=O) groups is 2. The van der Waals surface area contributed by atoms with E-state index in [0.29, 0.717) is 24.8 Å². The van der Waals surface area contributed by atoms with E-state index in [2.05, 4.69) is 11.6 Å². The number of Topliss-reactive ketones (excluding diaryl/α,β-unsaturated/α-hetero) is 1. The van der Waals surface area contributed by atoms with Gasteiger partial charge in [-0.2, -0.15) is 0 Å². The predicted octanol–water partition coefficient (Wildman–Crippen LogP) is 4.69. The van der Waals surface area contributed by atoms with E-state index in [0.717, 1.165) is 28.2 Å². The highest BCUT2D eigenvalue weighted by molar-refractivity contribution is 6.00. The smallest absolute Gasteiger partial charge is 0.256 e. The number of hydrogen-bond acceptors (Lipinski definition) is 4. The number of likely N-dealkylation sites (N-methyl/N-ethyl adjacent to an activating group) is 1. The van der Waals surface area contributed by atoms with Gasteiger partial charge in [-0.05, 0) is 50.1 Å². The van der Waals surface area contributed by atoms with Crippen molar-refractivity contribution in [3.8, 4) is 0 Å². The van der Waals surface area contributed by atoms with Gasteiger partial charge in [0.2, 0.25) is 0 Å². The van der Waals surface area contributed by atoms with Gasteiger partial charge in [0, 0.05) is 36.7 Å². The zero-order valence-electron chi connectivity index (χ0n) is 17.8. The first-order chi connectivity index (χ1) is 14.4. The van der Waals surface area contributed by atoms with Crippen molar-refractivity contribution in [3.63, 3.8) is 0 Å². The molecule has 2 unspecified atom stereocenters. The highest BCUT2D eigenvalue weighted by Gasteiger charge is 2.43. The van der Waals surface area contributed by atoms with Crippen LogP contribution in [-0.4, -0.2) is 34.8 Å². The van der Waals surface area contributed by atoms with Gasteiger partial charge in [0.05, 0.1) is 6.04 Å². The van der Waals surface area contributed by atoms with Crippen molar-refractivity contribution in [2.45, 2.75) is 45.3 Å². The molecule has 30 heavy (non-hydrogen) atoms. The van der Waals surface area contributed by atoms with E-state index in [1.807, 2.05) is 79.2 Å². The lowest BCUT2D eigenvalue weighted by Gasteiger charge is -2.40. The zero-order chi connectivity index (χ0) is 21.4. The van der Waals surface area contributed by atoms with E-state index in [1.165, 1.54) is 0 Å². The minimum absolute atomic E-state index is 0.0408. The molecular weight excluding hydrogens is 374 g/mol. The van der Waals surface area contributed by atoms with Crippen LogP contribution < -0.4 is 4.90 Å². The van der Waals surface area contributed by atoms with Crippen LogP contribution >= 0.6 is 0 Å². The molecule has 3 heterocycles. The lowest BCUT2D eigenvalue weighted by Crippen LogP contribution is -2.49. The number of amides is 1. The molecule has 2 aromatic rings. The first kappa shape index (κ1) is 20.1. The van der Waals surface area contributed by atoms with Gasteiger partial charge in [0.15, 0.2) is 0 Å². The van der Waals surface area contributed by atoms with Gasteiger partial charge in [-0.1, -0.05) is 29.8 Å². The molecule has 5 heteroatoms. The third-order valence-corrected chi connectivity index (χ3v) is 5.88. The first-order valence-corrected chi connectivity index (χ1v) is 10.3. The van der Waals surface area contributed by atoms with Crippen LogP contribution in [0, 0.1) is 6.92 Å². The molecule has 2 aliphatic heterocycles. The lowest BCUT2D eigenvalue weighted by molar-refractivity contribution is -0.120. The number of anilines is 1. The Morgan fingerprint density at radius 3 is 2.70 bits per heavy atom. The Bertz CT molecular complexity index is 1060. The molecule has 0 fully saturated rings. The summed E-state index contributed by atoms with van der Waals surface area (Å²) >= 11 is 0. The number of pyridine rings is 1. The van der Waals surface area contributed by atoms with Crippen molar-refractivity contribution in [1.82, 2.24) is 9.88 Å². The second-order valence-corrected chi connectivity index (χ2v) is 8.26. The maximum Gasteiger partial charge on any atom is 0.256 e. The monoisotopic (exact) mass is 401 g/mol. The summed E-state index contributed by atoms with van der Waals surface area (Å²) in [6.07, 6.45) is 5.18. The van der Waals surface area contributed by atoms with Crippen molar-refractivity contribution < 1.29 is 9.59 Å². The molecule has 1 amide bonds. The fraction of sp³-hybridized carbons (Fsp3) is 0.320. The number of carbonyl (C=O) groups excluding carboxylic acids is 2. The van der Waals surface area contributed by atoms with Gasteiger partial charge in [0.25, 0.3) is 5.91 Å². The number of ketones is 1. The van der Waals surface area contributed by atoms with Crippen molar-refractivity contribution >= 4 is 23.6 Å². The Morgan fingerprint density at radius 1 is 1.17 bits per heavy atom. The third-order valence-electron chi connectivity index (χ3n) is 5.88. The average Bonchev–Trinajstić information content (AvgIpc) is 2.99. The Hall–Kier alpha value is -3.21. The first-order valence-electron chi connectivity index (χ1n) is 10.3. The molecule has 0 saturated heterocycles. The fourth-order valence-electron chi connectivity index (χ4n) is 4.29. The number of allylic oxidation sites excluding steroid dienone is 1.